The zero-order chi connectivity index (χ0) is 18.9. The molecule has 1 unspecified atom stereocenters. The highest BCUT2D eigenvalue weighted by molar-refractivity contribution is 5.93. The Kier molecular flexibility index (Phi) is 8.00. The molecule has 1 aliphatic rings. The van der Waals surface area contributed by atoms with E-state index in [2.05, 4.69) is 41.3 Å². The molecule has 1 atom stereocenters. The number of hydrogen-bond acceptors (Lipinski definition) is 5. The van der Waals surface area contributed by atoms with Crippen molar-refractivity contribution in [1.29, 1.82) is 0 Å². The van der Waals surface area contributed by atoms with Crippen molar-refractivity contribution >= 4 is 11.6 Å². The van der Waals surface area contributed by atoms with Crippen LogP contribution < -0.4 is 20.1 Å². The van der Waals surface area contributed by atoms with Crippen LogP contribution in [0.2, 0.25) is 0 Å². The lowest BCUT2D eigenvalue weighted by molar-refractivity contribution is 0.122. The first-order valence-electron chi connectivity index (χ1n) is 9.27. The fourth-order valence-corrected chi connectivity index (χ4v) is 2.96. The van der Waals surface area contributed by atoms with E-state index in [9.17, 15) is 0 Å². The Morgan fingerprint density at radius 2 is 1.85 bits per heavy atom. The van der Waals surface area contributed by atoms with Crippen LogP contribution in [-0.4, -0.2) is 82.3 Å². The lowest BCUT2D eigenvalue weighted by atomic mass is 10.2. The monoisotopic (exact) mass is 363 g/mol. The smallest absolute Gasteiger partial charge is 0.195 e. The quantitative estimate of drug-likeness (QED) is 0.568. The first-order valence-corrected chi connectivity index (χ1v) is 9.27. The molecule has 0 saturated carbocycles. The zero-order valence-corrected chi connectivity index (χ0v) is 16.7. The summed E-state index contributed by atoms with van der Waals surface area (Å²) < 4.78 is 10.7. The number of guanidine groups is 1. The van der Waals surface area contributed by atoms with Crippen LogP contribution in [0.25, 0.3) is 0 Å². The standard InChI is InChI=1S/C19H33N5O2/c1-6-20-19(21-14-15(2)24-11-9-23(3)10-12-24)22-16-7-8-17(25-4)18(13-16)26-5/h7-8,13,15H,6,9-12,14H2,1-5H3,(H2,20,21,22). The minimum atomic E-state index is 0.421. The van der Waals surface area contributed by atoms with E-state index in [1.807, 2.05) is 18.2 Å². The first kappa shape index (κ1) is 20.3. The van der Waals surface area contributed by atoms with Gasteiger partial charge in [0, 0.05) is 50.5 Å². The molecule has 1 saturated heterocycles. The summed E-state index contributed by atoms with van der Waals surface area (Å²) in [4.78, 5) is 9.64. The maximum Gasteiger partial charge on any atom is 0.195 e. The second-order valence-electron chi connectivity index (χ2n) is 6.60. The van der Waals surface area contributed by atoms with E-state index in [1.165, 1.54) is 0 Å². The molecule has 0 aromatic heterocycles. The molecule has 7 nitrogen and oxygen atoms in total. The Morgan fingerprint density at radius 3 is 2.46 bits per heavy atom. The van der Waals surface area contributed by atoms with Crippen molar-refractivity contribution in [1.82, 2.24) is 15.1 Å². The van der Waals surface area contributed by atoms with Gasteiger partial charge >= 0.3 is 0 Å². The van der Waals surface area contributed by atoms with Crippen LogP contribution in [0.3, 0.4) is 0 Å². The van der Waals surface area contributed by atoms with Gasteiger partial charge in [-0.25, -0.2) is 0 Å². The van der Waals surface area contributed by atoms with Crippen molar-refractivity contribution in [3.63, 3.8) is 0 Å². The highest BCUT2D eigenvalue weighted by Crippen LogP contribution is 2.29. The second kappa shape index (κ2) is 10.2. The Morgan fingerprint density at radius 1 is 1.15 bits per heavy atom. The van der Waals surface area contributed by atoms with Crippen LogP contribution in [0.15, 0.2) is 23.2 Å². The Labute approximate surface area is 157 Å². The van der Waals surface area contributed by atoms with Gasteiger partial charge < -0.3 is 25.0 Å². The summed E-state index contributed by atoms with van der Waals surface area (Å²) in [5.74, 6) is 2.18. The number of rotatable bonds is 7. The summed E-state index contributed by atoms with van der Waals surface area (Å²) in [5, 5.41) is 6.65. The molecule has 1 aromatic carbocycles. The summed E-state index contributed by atoms with van der Waals surface area (Å²) in [7, 11) is 5.45. The second-order valence-corrected chi connectivity index (χ2v) is 6.60. The van der Waals surface area contributed by atoms with Crippen molar-refractivity contribution in [3.05, 3.63) is 18.2 Å². The molecule has 0 spiro atoms. The third-order valence-electron chi connectivity index (χ3n) is 4.67. The SMILES string of the molecule is CCNC(=NCC(C)N1CCN(C)CC1)Nc1ccc(OC)c(OC)c1. The van der Waals surface area contributed by atoms with Crippen LogP contribution >= 0.6 is 0 Å². The molecule has 26 heavy (non-hydrogen) atoms. The van der Waals surface area contributed by atoms with Crippen LogP contribution in [0, 0.1) is 0 Å². The van der Waals surface area contributed by atoms with Crippen LogP contribution in [-0.2, 0) is 0 Å². The lowest BCUT2D eigenvalue weighted by Crippen LogP contribution is -2.49. The molecule has 0 amide bonds. The number of benzene rings is 1. The fraction of sp³-hybridized carbons (Fsp3) is 0.632. The summed E-state index contributed by atoms with van der Waals surface area (Å²) >= 11 is 0. The number of piperazine rings is 1. The molecule has 1 aromatic rings. The molecule has 7 heteroatoms. The maximum atomic E-state index is 5.37. The summed E-state index contributed by atoms with van der Waals surface area (Å²) in [6.07, 6.45) is 0. The molecular weight excluding hydrogens is 330 g/mol. The normalized spacial score (nSPS) is 17.7. The summed E-state index contributed by atoms with van der Waals surface area (Å²) in [6, 6.07) is 6.18. The molecule has 1 heterocycles. The van der Waals surface area contributed by atoms with Crippen LogP contribution in [0.1, 0.15) is 13.8 Å². The van der Waals surface area contributed by atoms with Gasteiger partial charge in [0.05, 0.1) is 20.8 Å². The topological polar surface area (TPSA) is 61.4 Å². The Bertz CT molecular complexity index is 585. The van der Waals surface area contributed by atoms with Crippen molar-refractivity contribution in [2.24, 2.45) is 4.99 Å². The minimum Gasteiger partial charge on any atom is -0.493 e. The van der Waals surface area contributed by atoms with Gasteiger partial charge in [-0.3, -0.25) is 9.89 Å². The highest BCUT2D eigenvalue weighted by atomic mass is 16.5. The molecule has 2 rings (SSSR count). The van der Waals surface area contributed by atoms with E-state index in [0.717, 1.165) is 50.9 Å². The number of aliphatic imine (C=N–C) groups is 1. The van der Waals surface area contributed by atoms with E-state index < -0.39 is 0 Å². The molecular formula is C19H33N5O2. The van der Waals surface area contributed by atoms with Crippen molar-refractivity contribution < 1.29 is 9.47 Å². The van der Waals surface area contributed by atoms with Gasteiger partial charge in [-0.15, -0.1) is 0 Å². The van der Waals surface area contributed by atoms with Crippen LogP contribution in [0.4, 0.5) is 5.69 Å². The minimum absolute atomic E-state index is 0.421. The predicted octanol–water partition coefficient (Wildman–Crippen LogP) is 1.72. The van der Waals surface area contributed by atoms with Gasteiger partial charge in [0.1, 0.15) is 0 Å². The van der Waals surface area contributed by atoms with E-state index in [-0.39, 0.29) is 0 Å². The number of anilines is 1. The molecule has 1 fully saturated rings. The average molecular weight is 364 g/mol. The molecule has 0 aliphatic carbocycles. The van der Waals surface area contributed by atoms with Gasteiger partial charge in [-0.1, -0.05) is 0 Å². The predicted molar refractivity (Wildman–Crippen MR) is 108 cm³/mol. The molecule has 0 bridgehead atoms. The number of nitrogens with zero attached hydrogens (tertiary/aromatic N) is 3. The lowest BCUT2D eigenvalue weighted by Gasteiger charge is -2.35. The van der Waals surface area contributed by atoms with Crippen LogP contribution in [0.5, 0.6) is 11.5 Å². The molecule has 1 aliphatic heterocycles. The zero-order valence-electron chi connectivity index (χ0n) is 16.7. The number of hydrogen-bond donors (Lipinski definition) is 2. The van der Waals surface area contributed by atoms with E-state index in [1.54, 1.807) is 14.2 Å². The van der Waals surface area contributed by atoms with Gasteiger partial charge in [0.2, 0.25) is 0 Å². The largest absolute Gasteiger partial charge is 0.493 e. The van der Waals surface area contributed by atoms with Gasteiger partial charge in [-0.05, 0) is 33.0 Å². The first-order chi connectivity index (χ1) is 12.6. The number of likely N-dealkylation sites (N-methyl/N-ethyl adjacent to an activating group) is 1. The number of methoxy groups -OCH3 is 2. The summed E-state index contributed by atoms with van der Waals surface area (Å²) in [6.45, 7) is 10.3. The van der Waals surface area contributed by atoms with Gasteiger partial charge in [0.15, 0.2) is 17.5 Å². The molecule has 146 valence electrons. The van der Waals surface area contributed by atoms with E-state index >= 15 is 0 Å². The maximum absolute atomic E-state index is 5.37. The Balaban J connectivity index is 2.00. The van der Waals surface area contributed by atoms with Crippen molar-refractivity contribution in [2.75, 3.05) is 65.9 Å². The average Bonchev–Trinajstić information content (AvgIpc) is 2.66. The third kappa shape index (κ3) is 5.78. The fourth-order valence-electron chi connectivity index (χ4n) is 2.96. The molecule has 2 N–H and O–H groups in total. The Hall–Kier alpha value is -1.99. The number of nitrogens with one attached hydrogen (secondary N) is 2. The number of ether oxygens (including phenoxy) is 2. The van der Waals surface area contributed by atoms with E-state index in [4.69, 9.17) is 14.5 Å². The third-order valence-corrected chi connectivity index (χ3v) is 4.67. The van der Waals surface area contributed by atoms with Crippen molar-refractivity contribution in [2.45, 2.75) is 19.9 Å². The summed E-state index contributed by atoms with van der Waals surface area (Å²) in [5.41, 5.74) is 0.912. The highest BCUT2D eigenvalue weighted by Gasteiger charge is 2.18. The molecule has 0 radical (unpaired) electrons. The van der Waals surface area contributed by atoms with Gasteiger partial charge in [-0.2, -0.15) is 0 Å². The van der Waals surface area contributed by atoms with E-state index in [0.29, 0.717) is 17.5 Å². The van der Waals surface area contributed by atoms with Crippen molar-refractivity contribution in [3.8, 4) is 11.5 Å². The van der Waals surface area contributed by atoms with Gasteiger partial charge in [0.25, 0.3) is 0 Å².